The molecule has 3 nitrogen and oxygen atoms in total. The zero-order valence-corrected chi connectivity index (χ0v) is 13.8. The molecular weight excluding hydrogens is 328 g/mol. The number of likely N-dealkylation sites (N-methyl/N-ethyl adjacent to an activating group) is 1. The summed E-state index contributed by atoms with van der Waals surface area (Å²) in [5.41, 5.74) is 3.19. The van der Waals surface area contributed by atoms with Gasteiger partial charge in [-0.05, 0) is 36.2 Å². The Labute approximate surface area is 133 Å². The Morgan fingerprint density at radius 1 is 1.19 bits per heavy atom. The number of para-hydroxylation sites is 1. The Hall–Kier alpha value is -1.81. The molecule has 0 heterocycles. The molecule has 0 spiro atoms. The number of benzene rings is 2. The van der Waals surface area contributed by atoms with Crippen LogP contribution in [0.5, 0.6) is 0 Å². The lowest BCUT2D eigenvalue weighted by Gasteiger charge is -2.18. The largest absolute Gasteiger partial charge is 0.378 e. The van der Waals surface area contributed by atoms with Crippen molar-refractivity contribution in [3.63, 3.8) is 0 Å². The van der Waals surface area contributed by atoms with E-state index in [2.05, 4.69) is 45.6 Å². The molecule has 0 aromatic heterocycles. The summed E-state index contributed by atoms with van der Waals surface area (Å²) in [6.07, 6.45) is 0.380. The van der Waals surface area contributed by atoms with Crippen LogP contribution in [-0.4, -0.2) is 13.0 Å². The van der Waals surface area contributed by atoms with Crippen LogP contribution in [-0.2, 0) is 11.2 Å². The summed E-state index contributed by atoms with van der Waals surface area (Å²) in [4.78, 5) is 11.6. The number of hydrogen-bond acceptors (Lipinski definition) is 2. The van der Waals surface area contributed by atoms with Gasteiger partial charge < -0.3 is 10.6 Å². The molecule has 0 aliphatic heterocycles. The highest BCUT2D eigenvalue weighted by Gasteiger charge is 2.10. The van der Waals surface area contributed by atoms with E-state index in [1.165, 1.54) is 5.56 Å². The van der Waals surface area contributed by atoms with Crippen LogP contribution in [0.2, 0.25) is 0 Å². The highest BCUT2D eigenvalue weighted by Crippen LogP contribution is 2.24. The molecule has 4 heteroatoms. The van der Waals surface area contributed by atoms with Gasteiger partial charge in [0.05, 0.1) is 6.42 Å². The molecule has 21 heavy (non-hydrogen) atoms. The molecule has 0 saturated heterocycles. The molecule has 2 aromatic carbocycles. The number of halogens is 1. The highest BCUT2D eigenvalue weighted by molar-refractivity contribution is 9.10. The normalized spacial score (nSPS) is 11.8. The molecule has 0 aliphatic rings. The second-order valence-electron chi connectivity index (χ2n) is 4.93. The van der Waals surface area contributed by atoms with Gasteiger partial charge in [0, 0.05) is 23.2 Å². The maximum Gasteiger partial charge on any atom is 0.224 e. The van der Waals surface area contributed by atoms with E-state index in [0.29, 0.717) is 6.42 Å². The van der Waals surface area contributed by atoms with Crippen molar-refractivity contribution in [1.82, 2.24) is 5.32 Å². The summed E-state index contributed by atoms with van der Waals surface area (Å²) >= 11 is 3.49. The third kappa shape index (κ3) is 4.33. The average molecular weight is 347 g/mol. The number of amides is 1. The van der Waals surface area contributed by atoms with Crippen molar-refractivity contribution in [2.24, 2.45) is 0 Å². The summed E-state index contributed by atoms with van der Waals surface area (Å²) < 4.78 is 1.06. The van der Waals surface area contributed by atoms with E-state index in [0.717, 1.165) is 15.7 Å². The molecule has 2 N–H and O–H groups in total. The first-order valence-electron chi connectivity index (χ1n) is 6.90. The first kappa shape index (κ1) is 15.6. The van der Waals surface area contributed by atoms with Crippen molar-refractivity contribution >= 4 is 27.5 Å². The van der Waals surface area contributed by atoms with Gasteiger partial charge in [-0.2, -0.15) is 0 Å². The summed E-state index contributed by atoms with van der Waals surface area (Å²) in [5.74, 6) is 0.0133. The molecule has 0 saturated carbocycles. The van der Waals surface area contributed by atoms with Crippen molar-refractivity contribution in [3.05, 3.63) is 64.1 Å². The zero-order chi connectivity index (χ0) is 15.2. The van der Waals surface area contributed by atoms with Gasteiger partial charge in [-0.25, -0.2) is 0 Å². The predicted molar refractivity (Wildman–Crippen MR) is 90.4 cm³/mol. The van der Waals surface area contributed by atoms with E-state index in [1.54, 1.807) is 7.05 Å². The quantitative estimate of drug-likeness (QED) is 0.861. The lowest BCUT2D eigenvalue weighted by atomic mass is 10.1. The first-order chi connectivity index (χ1) is 10.1. The van der Waals surface area contributed by atoms with Crippen LogP contribution in [0, 0.1) is 0 Å². The lowest BCUT2D eigenvalue weighted by Crippen LogP contribution is -2.20. The van der Waals surface area contributed by atoms with Crippen LogP contribution in [0.15, 0.2) is 53.0 Å². The number of hydrogen-bond donors (Lipinski definition) is 2. The van der Waals surface area contributed by atoms with E-state index in [1.807, 2.05) is 36.4 Å². The second-order valence-corrected chi connectivity index (χ2v) is 5.84. The molecule has 0 radical (unpaired) electrons. The topological polar surface area (TPSA) is 41.1 Å². The fourth-order valence-corrected chi connectivity index (χ4v) is 2.59. The van der Waals surface area contributed by atoms with Crippen LogP contribution in [0.4, 0.5) is 5.69 Å². The predicted octanol–water partition coefficient (Wildman–Crippen LogP) is 3.91. The minimum absolute atomic E-state index is 0.0133. The lowest BCUT2D eigenvalue weighted by molar-refractivity contribution is -0.119. The van der Waals surface area contributed by atoms with Crippen LogP contribution in [0.25, 0.3) is 0 Å². The Morgan fingerprint density at radius 3 is 2.67 bits per heavy atom. The number of carbonyl (C=O) groups is 1. The summed E-state index contributed by atoms with van der Waals surface area (Å²) in [6, 6.07) is 16.3. The Bertz CT molecular complexity index is 628. The van der Waals surface area contributed by atoms with Gasteiger partial charge >= 0.3 is 0 Å². The van der Waals surface area contributed by atoms with Crippen molar-refractivity contribution < 1.29 is 4.79 Å². The zero-order valence-electron chi connectivity index (χ0n) is 12.2. The third-order valence-corrected chi connectivity index (χ3v) is 3.86. The van der Waals surface area contributed by atoms with E-state index < -0.39 is 0 Å². The van der Waals surface area contributed by atoms with E-state index in [4.69, 9.17) is 0 Å². The van der Waals surface area contributed by atoms with E-state index >= 15 is 0 Å². The van der Waals surface area contributed by atoms with Crippen molar-refractivity contribution in [3.8, 4) is 0 Å². The molecule has 110 valence electrons. The number of anilines is 1. The summed E-state index contributed by atoms with van der Waals surface area (Å²) in [6.45, 7) is 2.11. The Kier molecular flexibility index (Phi) is 5.39. The van der Waals surface area contributed by atoms with Gasteiger partial charge in [0.25, 0.3) is 0 Å². The minimum Gasteiger partial charge on any atom is -0.378 e. The highest BCUT2D eigenvalue weighted by atomic mass is 79.9. The van der Waals surface area contributed by atoms with Crippen LogP contribution in [0.1, 0.15) is 24.1 Å². The molecule has 2 aromatic rings. The minimum atomic E-state index is 0.0133. The van der Waals surface area contributed by atoms with Gasteiger partial charge in [0.2, 0.25) is 5.91 Å². The maximum atomic E-state index is 11.6. The monoisotopic (exact) mass is 346 g/mol. The molecule has 0 fully saturated rings. The summed E-state index contributed by atoms with van der Waals surface area (Å²) in [5, 5.41) is 6.14. The molecule has 0 aliphatic carbocycles. The molecule has 1 amide bonds. The maximum absolute atomic E-state index is 11.6. The van der Waals surface area contributed by atoms with E-state index in [-0.39, 0.29) is 11.9 Å². The van der Waals surface area contributed by atoms with Crippen LogP contribution >= 0.6 is 15.9 Å². The number of rotatable bonds is 5. The van der Waals surface area contributed by atoms with Crippen molar-refractivity contribution in [1.29, 1.82) is 0 Å². The fourth-order valence-electron chi connectivity index (χ4n) is 2.17. The van der Waals surface area contributed by atoms with Gasteiger partial charge in [0.15, 0.2) is 0 Å². The average Bonchev–Trinajstić information content (AvgIpc) is 2.49. The molecular formula is C17H19BrN2O. The van der Waals surface area contributed by atoms with Gasteiger partial charge in [0.1, 0.15) is 0 Å². The number of nitrogens with one attached hydrogen (secondary N) is 2. The van der Waals surface area contributed by atoms with Crippen LogP contribution < -0.4 is 10.6 Å². The smallest absolute Gasteiger partial charge is 0.224 e. The van der Waals surface area contributed by atoms with Gasteiger partial charge in [-0.3, -0.25) is 4.79 Å². The van der Waals surface area contributed by atoms with Gasteiger partial charge in [-0.1, -0.05) is 46.3 Å². The van der Waals surface area contributed by atoms with E-state index in [9.17, 15) is 4.79 Å². The van der Waals surface area contributed by atoms with Crippen molar-refractivity contribution in [2.45, 2.75) is 19.4 Å². The number of carbonyl (C=O) groups excluding carboxylic acids is 1. The van der Waals surface area contributed by atoms with Crippen molar-refractivity contribution in [2.75, 3.05) is 12.4 Å². The first-order valence-corrected chi connectivity index (χ1v) is 7.70. The fraction of sp³-hybridized carbons (Fsp3) is 0.235. The van der Waals surface area contributed by atoms with Crippen LogP contribution in [0.3, 0.4) is 0 Å². The summed E-state index contributed by atoms with van der Waals surface area (Å²) in [7, 11) is 1.66. The Balaban J connectivity index is 2.17. The standard InChI is InChI=1S/C17H19BrN2O/c1-12(13-7-5-8-15(18)10-13)20-16-9-4-3-6-14(16)11-17(21)19-2/h3-10,12,20H,11H2,1-2H3,(H,19,21). The molecule has 2 rings (SSSR count). The molecule has 1 unspecified atom stereocenters. The van der Waals surface area contributed by atoms with Gasteiger partial charge in [-0.15, -0.1) is 0 Å². The third-order valence-electron chi connectivity index (χ3n) is 3.37. The second kappa shape index (κ2) is 7.27. The Morgan fingerprint density at radius 2 is 1.95 bits per heavy atom. The SMILES string of the molecule is CNC(=O)Cc1ccccc1NC(C)c1cccc(Br)c1. The molecule has 0 bridgehead atoms. The molecule has 1 atom stereocenters.